The molecule has 0 unspecified atom stereocenters. The van der Waals surface area contributed by atoms with Crippen molar-refractivity contribution >= 4 is 30.7 Å². The van der Waals surface area contributed by atoms with Crippen molar-refractivity contribution in [3.05, 3.63) is 41.9 Å². The number of carbonyl (C=O) groups excluding carboxylic acids is 1. The van der Waals surface area contributed by atoms with Crippen molar-refractivity contribution in [3.63, 3.8) is 0 Å². The van der Waals surface area contributed by atoms with Crippen LogP contribution in [-0.2, 0) is 0 Å². The van der Waals surface area contributed by atoms with Crippen molar-refractivity contribution in [2.75, 3.05) is 39.3 Å². The molecule has 138 valence electrons. The number of nitrogens with one attached hydrogen (secondary N) is 2. The Balaban J connectivity index is 0.00000156. The maximum absolute atomic E-state index is 12.3. The summed E-state index contributed by atoms with van der Waals surface area (Å²) in [7, 11) is 0. The van der Waals surface area contributed by atoms with Crippen molar-refractivity contribution in [1.82, 2.24) is 20.5 Å². The van der Waals surface area contributed by atoms with Gasteiger partial charge in [-0.2, -0.15) is 0 Å². The van der Waals surface area contributed by atoms with E-state index in [-0.39, 0.29) is 30.7 Å². The maximum atomic E-state index is 12.3. The molecule has 0 bridgehead atoms. The lowest BCUT2D eigenvalue weighted by Crippen LogP contribution is -2.46. The summed E-state index contributed by atoms with van der Waals surface area (Å²) in [5.74, 6) is 0.328. The van der Waals surface area contributed by atoms with E-state index in [0.29, 0.717) is 18.0 Å². The molecule has 2 N–H and O–H groups in total. The van der Waals surface area contributed by atoms with Crippen LogP contribution in [0.2, 0.25) is 0 Å². The van der Waals surface area contributed by atoms with E-state index in [4.69, 9.17) is 4.42 Å². The number of nitrogens with zero attached hydrogens (tertiary/aromatic N) is 2. The Morgan fingerprint density at radius 1 is 1.24 bits per heavy atom. The molecule has 1 saturated heterocycles. The van der Waals surface area contributed by atoms with Gasteiger partial charge in [0, 0.05) is 44.8 Å². The third kappa shape index (κ3) is 5.71. The molecule has 1 amide bonds. The number of amides is 1. The number of oxazole rings is 1. The summed E-state index contributed by atoms with van der Waals surface area (Å²) in [6.45, 7) is 7.55. The molecular formula is C17H24Cl2N4O2. The van der Waals surface area contributed by atoms with Gasteiger partial charge >= 0.3 is 0 Å². The number of benzene rings is 1. The topological polar surface area (TPSA) is 70.4 Å². The third-order valence-electron chi connectivity index (χ3n) is 4.02. The zero-order valence-electron chi connectivity index (χ0n) is 14.2. The quantitative estimate of drug-likeness (QED) is 0.823. The fraction of sp³-hybridized carbons (Fsp3) is 0.412. The first-order chi connectivity index (χ1) is 11.2. The predicted molar refractivity (Wildman–Crippen MR) is 103 cm³/mol. The van der Waals surface area contributed by atoms with Gasteiger partial charge in [-0.15, -0.1) is 24.8 Å². The molecule has 0 spiro atoms. The average Bonchev–Trinajstić information content (AvgIpc) is 3.06. The minimum atomic E-state index is -0.190. The molecule has 6 nitrogen and oxygen atoms in total. The fourth-order valence-corrected chi connectivity index (χ4v) is 2.66. The van der Waals surface area contributed by atoms with E-state index < -0.39 is 0 Å². The normalized spacial score (nSPS) is 14.3. The average molecular weight is 387 g/mol. The lowest BCUT2D eigenvalue weighted by Gasteiger charge is -2.26. The molecule has 2 heterocycles. The summed E-state index contributed by atoms with van der Waals surface area (Å²) < 4.78 is 5.42. The Morgan fingerprint density at radius 3 is 2.60 bits per heavy atom. The van der Waals surface area contributed by atoms with Gasteiger partial charge in [-0.05, 0) is 6.92 Å². The van der Waals surface area contributed by atoms with Crippen LogP contribution in [0.25, 0.3) is 11.3 Å². The highest BCUT2D eigenvalue weighted by atomic mass is 35.5. The molecule has 0 atom stereocenters. The second-order valence-corrected chi connectivity index (χ2v) is 5.74. The smallest absolute Gasteiger partial charge is 0.273 e. The van der Waals surface area contributed by atoms with Crippen LogP contribution in [0.3, 0.4) is 0 Å². The van der Waals surface area contributed by atoms with Crippen LogP contribution in [0, 0.1) is 6.92 Å². The molecule has 0 saturated carbocycles. The number of aromatic nitrogens is 1. The number of aryl methyl sites for hydroxylation is 1. The van der Waals surface area contributed by atoms with Crippen molar-refractivity contribution in [3.8, 4) is 11.3 Å². The van der Waals surface area contributed by atoms with Gasteiger partial charge in [0.2, 0.25) is 0 Å². The summed E-state index contributed by atoms with van der Waals surface area (Å²) in [5, 5.41) is 6.24. The lowest BCUT2D eigenvalue weighted by molar-refractivity contribution is 0.0943. The van der Waals surface area contributed by atoms with E-state index in [2.05, 4.69) is 20.5 Å². The molecule has 1 aliphatic rings. The first kappa shape index (κ1) is 21.4. The Morgan fingerprint density at radius 2 is 1.92 bits per heavy atom. The number of rotatable bonds is 5. The standard InChI is InChI=1S/C17H22N4O2.2ClH/c1-13-2-4-14(5-3-13)16-15(20-12-23-16)17(22)19-8-11-21-9-6-18-7-10-21;;/h2-5,12,18H,6-11H2,1H3,(H,19,22);2*1H. The van der Waals surface area contributed by atoms with Gasteiger partial charge in [-0.3, -0.25) is 9.69 Å². The van der Waals surface area contributed by atoms with Gasteiger partial charge in [-0.1, -0.05) is 29.8 Å². The molecule has 2 aromatic rings. The Hall–Kier alpha value is -1.60. The summed E-state index contributed by atoms with van der Waals surface area (Å²) in [6.07, 6.45) is 1.32. The number of halogens is 2. The second kappa shape index (κ2) is 10.4. The van der Waals surface area contributed by atoms with Crippen LogP contribution in [0.1, 0.15) is 16.1 Å². The van der Waals surface area contributed by atoms with E-state index in [1.165, 1.54) is 6.39 Å². The number of piperazine rings is 1. The Labute approximate surface area is 160 Å². The zero-order valence-corrected chi connectivity index (χ0v) is 15.8. The monoisotopic (exact) mass is 386 g/mol. The van der Waals surface area contributed by atoms with Gasteiger partial charge in [0.05, 0.1) is 0 Å². The fourth-order valence-electron chi connectivity index (χ4n) is 2.66. The molecule has 1 aliphatic heterocycles. The maximum Gasteiger partial charge on any atom is 0.273 e. The van der Waals surface area contributed by atoms with Crippen molar-refractivity contribution in [2.45, 2.75) is 6.92 Å². The van der Waals surface area contributed by atoms with Crippen molar-refractivity contribution < 1.29 is 9.21 Å². The van der Waals surface area contributed by atoms with Gasteiger partial charge < -0.3 is 15.1 Å². The third-order valence-corrected chi connectivity index (χ3v) is 4.02. The van der Waals surface area contributed by atoms with Crippen LogP contribution in [-0.4, -0.2) is 55.1 Å². The van der Waals surface area contributed by atoms with Gasteiger partial charge in [0.25, 0.3) is 5.91 Å². The molecule has 1 fully saturated rings. The lowest BCUT2D eigenvalue weighted by atomic mass is 10.1. The summed E-state index contributed by atoms with van der Waals surface area (Å²) in [6, 6.07) is 7.86. The van der Waals surface area contributed by atoms with E-state index in [1.54, 1.807) is 0 Å². The molecule has 3 rings (SSSR count). The van der Waals surface area contributed by atoms with Crippen molar-refractivity contribution in [1.29, 1.82) is 0 Å². The van der Waals surface area contributed by atoms with Crippen LogP contribution in [0.5, 0.6) is 0 Å². The van der Waals surface area contributed by atoms with E-state index in [0.717, 1.165) is 43.9 Å². The summed E-state index contributed by atoms with van der Waals surface area (Å²) >= 11 is 0. The second-order valence-electron chi connectivity index (χ2n) is 5.74. The first-order valence-corrected chi connectivity index (χ1v) is 7.96. The highest BCUT2D eigenvalue weighted by Crippen LogP contribution is 2.23. The first-order valence-electron chi connectivity index (χ1n) is 7.96. The van der Waals surface area contributed by atoms with Crippen molar-refractivity contribution in [2.24, 2.45) is 0 Å². The summed E-state index contributed by atoms with van der Waals surface area (Å²) in [5.41, 5.74) is 2.37. The van der Waals surface area contributed by atoms with Crippen LogP contribution >= 0.6 is 24.8 Å². The SMILES string of the molecule is Cc1ccc(-c2ocnc2C(=O)NCCN2CCNCC2)cc1.Cl.Cl. The number of hydrogen-bond acceptors (Lipinski definition) is 5. The van der Waals surface area contributed by atoms with E-state index in [1.807, 2.05) is 31.2 Å². The molecule has 25 heavy (non-hydrogen) atoms. The van der Waals surface area contributed by atoms with Gasteiger partial charge in [0.15, 0.2) is 17.8 Å². The minimum Gasteiger partial charge on any atom is -0.443 e. The molecule has 1 aromatic carbocycles. The van der Waals surface area contributed by atoms with Crippen LogP contribution < -0.4 is 10.6 Å². The molecular weight excluding hydrogens is 363 g/mol. The number of hydrogen-bond donors (Lipinski definition) is 2. The van der Waals surface area contributed by atoms with Crippen LogP contribution in [0.4, 0.5) is 0 Å². The Bertz CT molecular complexity index is 655. The highest BCUT2D eigenvalue weighted by Gasteiger charge is 2.18. The minimum absolute atomic E-state index is 0. The highest BCUT2D eigenvalue weighted by molar-refractivity contribution is 5.97. The van der Waals surface area contributed by atoms with E-state index in [9.17, 15) is 4.79 Å². The molecule has 8 heteroatoms. The summed E-state index contributed by atoms with van der Waals surface area (Å²) in [4.78, 5) is 18.8. The van der Waals surface area contributed by atoms with Gasteiger partial charge in [-0.25, -0.2) is 4.98 Å². The van der Waals surface area contributed by atoms with Crippen LogP contribution in [0.15, 0.2) is 35.1 Å². The molecule has 1 aromatic heterocycles. The Kier molecular flexibility index (Phi) is 8.92. The number of carbonyl (C=O) groups is 1. The zero-order chi connectivity index (χ0) is 16.1. The molecule has 0 aliphatic carbocycles. The predicted octanol–water partition coefficient (Wildman–Crippen LogP) is 2.13. The van der Waals surface area contributed by atoms with E-state index >= 15 is 0 Å². The largest absolute Gasteiger partial charge is 0.443 e. The van der Waals surface area contributed by atoms with Gasteiger partial charge in [0.1, 0.15) is 0 Å². The molecule has 0 radical (unpaired) electrons.